The van der Waals surface area contributed by atoms with Crippen LogP contribution in [0.5, 0.6) is 0 Å². The zero-order valence-corrected chi connectivity index (χ0v) is 18.5. The van der Waals surface area contributed by atoms with Crippen LogP contribution in [0, 0.1) is 0 Å². The standard InChI is InChI=1S/C21H24ClN3O5S/c22-16-6-1-2-9-19(16)31(28,29)24-13-11-23(12-14-24)20(26)17-7-3-4-10-25(17)21(27)18-8-5-15-30-18/h1-2,5-6,8-9,15,17H,3-4,7,10-14H2. The van der Waals surface area contributed by atoms with Gasteiger partial charge in [0.25, 0.3) is 5.91 Å². The Morgan fingerprint density at radius 2 is 1.71 bits per heavy atom. The van der Waals surface area contributed by atoms with E-state index in [0.29, 0.717) is 13.0 Å². The molecule has 4 rings (SSSR count). The molecule has 1 atom stereocenters. The molecule has 8 nitrogen and oxygen atoms in total. The molecule has 2 aliphatic heterocycles. The number of likely N-dealkylation sites (tertiary alicyclic amines) is 1. The number of piperazine rings is 1. The van der Waals surface area contributed by atoms with Crippen molar-refractivity contribution in [3.05, 3.63) is 53.4 Å². The number of amides is 2. The van der Waals surface area contributed by atoms with Crippen LogP contribution in [-0.2, 0) is 14.8 Å². The Labute approximate surface area is 186 Å². The molecule has 1 unspecified atom stereocenters. The van der Waals surface area contributed by atoms with Gasteiger partial charge in [0.2, 0.25) is 15.9 Å². The predicted molar refractivity (Wildman–Crippen MR) is 114 cm³/mol. The zero-order valence-electron chi connectivity index (χ0n) is 16.9. The molecule has 31 heavy (non-hydrogen) atoms. The molecule has 0 aliphatic carbocycles. The fraction of sp³-hybridized carbons (Fsp3) is 0.429. The number of piperidine rings is 1. The molecule has 2 aromatic rings. The van der Waals surface area contributed by atoms with E-state index < -0.39 is 16.1 Å². The SMILES string of the molecule is O=C(C1CCCCN1C(=O)c1ccco1)N1CCN(S(=O)(=O)c2ccccc2Cl)CC1. The third-order valence-electron chi connectivity index (χ3n) is 5.79. The molecule has 2 aliphatic rings. The third kappa shape index (κ3) is 4.35. The van der Waals surface area contributed by atoms with Gasteiger partial charge in [-0.2, -0.15) is 4.31 Å². The summed E-state index contributed by atoms with van der Waals surface area (Å²) in [5.74, 6) is -0.215. The van der Waals surface area contributed by atoms with Crippen LogP contribution < -0.4 is 0 Å². The molecule has 0 spiro atoms. The number of rotatable bonds is 4. The maximum atomic E-state index is 13.2. The summed E-state index contributed by atoms with van der Waals surface area (Å²) >= 11 is 6.08. The molecule has 0 saturated carbocycles. The summed E-state index contributed by atoms with van der Waals surface area (Å²) in [5.41, 5.74) is 0. The topological polar surface area (TPSA) is 91.1 Å². The van der Waals surface area contributed by atoms with Crippen molar-refractivity contribution >= 4 is 33.4 Å². The second-order valence-corrected chi connectivity index (χ2v) is 9.96. The molecule has 0 radical (unpaired) electrons. The van der Waals surface area contributed by atoms with Crippen LogP contribution in [0.1, 0.15) is 29.8 Å². The predicted octanol–water partition coefficient (Wildman–Crippen LogP) is 2.46. The number of nitrogens with zero attached hydrogens (tertiary/aromatic N) is 3. The smallest absolute Gasteiger partial charge is 0.290 e. The van der Waals surface area contributed by atoms with Crippen LogP contribution >= 0.6 is 11.6 Å². The van der Waals surface area contributed by atoms with Gasteiger partial charge in [-0.3, -0.25) is 9.59 Å². The highest BCUT2D eigenvalue weighted by atomic mass is 35.5. The number of benzene rings is 1. The maximum absolute atomic E-state index is 13.2. The number of carbonyl (C=O) groups excluding carboxylic acids is 2. The maximum Gasteiger partial charge on any atom is 0.290 e. The zero-order chi connectivity index (χ0) is 22.0. The van der Waals surface area contributed by atoms with E-state index in [1.54, 1.807) is 40.1 Å². The van der Waals surface area contributed by atoms with E-state index in [1.807, 2.05) is 0 Å². The summed E-state index contributed by atoms with van der Waals surface area (Å²) in [6.07, 6.45) is 3.72. The van der Waals surface area contributed by atoms with E-state index in [0.717, 1.165) is 12.8 Å². The van der Waals surface area contributed by atoms with Gasteiger partial charge in [0.05, 0.1) is 11.3 Å². The van der Waals surface area contributed by atoms with Crippen LogP contribution in [0.2, 0.25) is 5.02 Å². The van der Waals surface area contributed by atoms with E-state index in [9.17, 15) is 18.0 Å². The lowest BCUT2D eigenvalue weighted by Crippen LogP contribution is -2.57. The van der Waals surface area contributed by atoms with E-state index in [4.69, 9.17) is 16.0 Å². The first-order valence-corrected chi connectivity index (χ1v) is 12.1. The highest BCUT2D eigenvalue weighted by Gasteiger charge is 2.38. The summed E-state index contributed by atoms with van der Waals surface area (Å²) < 4.78 is 32.4. The number of carbonyl (C=O) groups is 2. The van der Waals surface area contributed by atoms with Gasteiger partial charge in [-0.15, -0.1) is 0 Å². The Morgan fingerprint density at radius 1 is 0.968 bits per heavy atom. The second kappa shape index (κ2) is 9.02. The molecule has 1 aromatic carbocycles. The van der Waals surface area contributed by atoms with Crippen LogP contribution in [0.25, 0.3) is 0 Å². The molecule has 0 bridgehead atoms. The summed E-state index contributed by atoms with van der Waals surface area (Å²) in [6, 6.07) is 9.02. The van der Waals surface area contributed by atoms with Crippen molar-refractivity contribution in [3.63, 3.8) is 0 Å². The van der Waals surface area contributed by atoms with Crippen molar-refractivity contribution in [2.24, 2.45) is 0 Å². The van der Waals surface area contributed by atoms with Crippen LogP contribution in [0.4, 0.5) is 0 Å². The van der Waals surface area contributed by atoms with Crippen LogP contribution in [-0.4, -0.2) is 73.1 Å². The average molecular weight is 466 g/mol. The lowest BCUT2D eigenvalue weighted by Gasteiger charge is -2.40. The van der Waals surface area contributed by atoms with Crippen molar-refractivity contribution in [1.29, 1.82) is 0 Å². The lowest BCUT2D eigenvalue weighted by atomic mass is 10.00. The van der Waals surface area contributed by atoms with Gasteiger partial charge >= 0.3 is 0 Å². The summed E-state index contributed by atoms with van der Waals surface area (Å²) in [7, 11) is -3.73. The second-order valence-electron chi connectivity index (χ2n) is 7.65. The van der Waals surface area contributed by atoms with Gasteiger partial charge in [-0.1, -0.05) is 23.7 Å². The van der Waals surface area contributed by atoms with Crippen molar-refractivity contribution in [2.45, 2.75) is 30.2 Å². The molecule has 3 heterocycles. The monoisotopic (exact) mass is 465 g/mol. The average Bonchev–Trinajstić information content (AvgIpc) is 3.33. The van der Waals surface area contributed by atoms with Gasteiger partial charge in [-0.05, 0) is 43.5 Å². The fourth-order valence-corrected chi connectivity index (χ4v) is 6.04. The van der Waals surface area contributed by atoms with Gasteiger partial charge in [0.1, 0.15) is 10.9 Å². The highest BCUT2D eigenvalue weighted by Crippen LogP contribution is 2.26. The van der Waals surface area contributed by atoms with Crippen molar-refractivity contribution < 1.29 is 22.4 Å². The molecule has 2 saturated heterocycles. The number of hydrogen-bond donors (Lipinski definition) is 0. The van der Waals surface area contributed by atoms with E-state index in [2.05, 4.69) is 0 Å². The number of halogens is 1. The van der Waals surface area contributed by atoms with Crippen molar-refractivity contribution in [1.82, 2.24) is 14.1 Å². The van der Waals surface area contributed by atoms with Gasteiger partial charge < -0.3 is 14.2 Å². The third-order valence-corrected chi connectivity index (χ3v) is 8.18. The van der Waals surface area contributed by atoms with Crippen LogP contribution in [0.15, 0.2) is 52.0 Å². The fourth-order valence-electron chi connectivity index (χ4n) is 4.13. The van der Waals surface area contributed by atoms with Gasteiger partial charge in [0, 0.05) is 32.7 Å². The Balaban J connectivity index is 1.44. The highest BCUT2D eigenvalue weighted by molar-refractivity contribution is 7.89. The van der Waals surface area contributed by atoms with Crippen LogP contribution in [0.3, 0.4) is 0 Å². The number of sulfonamides is 1. The Morgan fingerprint density at radius 3 is 2.39 bits per heavy atom. The lowest BCUT2D eigenvalue weighted by molar-refractivity contribution is -0.138. The quantitative estimate of drug-likeness (QED) is 0.691. The van der Waals surface area contributed by atoms with Gasteiger partial charge in [0.15, 0.2) is 5.76 Å². The van der Waals surface area contributed by atoms with E-state index >= 15 is 0 Å². The van der Waals surface area contributed by atoms with Crippen molar-refractivity contribution in [3.8, 4) is 0 Å². The molecule has 10 heteroatoms. The molecule has 2 fully saturated rings. The molecule has 2 amide bonds. The summed E-state index contributed by atoms with van der Waals surface area (Å²) in [5, 5.41) is 0.176. The minimum Gasteiger partial charge on any atom is -0.459 e. The Kier molecular flexibility index (Phi) is 6.36. The minimum atomic E-state index is -3.73. The van der Waals surface area contributed by atoms with E-state index in [-0.39, 0.29) is 53.7 Å². The Bertz CT molecular complexity index is 1050. The molecule has 1 aromatic heterocycles. The summed E-state index contributed by atoms with van der Waals surface area (Å²) in [4.78, 5) is 29.3. The normalized spacial score (nSPS) is 20.6. The molecule has 0 N–H and O–H groups in total. The largest absolute Gasteiger partial charge is 0.459 e. The molecule has 166 valence electrons. The molecular formula is C21H24ClN3O5S. The number of furan rings is 1. The minimum absolute atomic E-state index is 0.0685. The first-order valence-electron chi connectivity index (χ1n) is 10.3. The Hall–Kier alpha value is -2.36. The van der Waals surface area contributed by atoms with Crippen molar-refractivity contribution in [2.75, 3.05) is 32.7 Å². The summed E-state index contributed by atoms with van der Waals surface area (Å²) in [6.45, 7) is 1.39. The van der Waals surface area contributed by atoms with Gasteiger partial charge in [-0.25, -0.2) is 8.42 Å². The molecular weight excluding hydrogens is 442 g/mol. The first-order chi connectivity index (χ1) is 14.9. The number of hydrogen-bond acceptors (Lipinski definition) is 5. The first kappa shape index (κ1) is 21.9. The van der Waals surface area contributed by atoms with E-state index in [1.165, 1.54) is 16.6 Å².